The van der Waals surface area contributed by atoms with Gasteiger partial charge >= 0.3 is 38.2 Å². The van der Waals surface area contributed by atoms with Crippen LogP contribution in [0.3, 0.4) is 0 Å². The summed E-state index contributed by atoms with van der Waals surface area (Å²) in [5, 5.41) is 0. The fourth-order valence-corrected chi connectivity index (χ4v) is 0. The van der Waals surface area contributed by atoms with E-state index in [-0.39, 0.29) is 21.1 Å². The van der Waals surface area contributed by atoms with Gasteiger partial charge < -0.3 is 0 Å². The van der Waals surface area contributed by atoms with E-state index in [1.54, 1.807) is 15.6 Å². The molecular formula is Mo2OZr. The number of hydrogen-bond acceptors (Lipinski definition) is 1. The monoisotopic (exact) mass is 302 g/mol. The van der Waals surface area contributed by atoms with Gasteiger partial charge in [0.15, 0.2) is 0 Å². The molecule has 0 atom stereocenters. The molecule has 0 unspecified atom stereocenters. The second kappa shape index (κ2) is 8.91. The first-order valence-corrected chi connectivity index (χ1v) is 8.35. The summed E-state index contributed by atoms with van der Waals surface area (Å²) in [5.41, 5.74) is 0. The van der Waals surface area contributed by atoms with Gasteiger partial charge in [-0.15, -0.1) is 0 Å². The average molecular weight is 299 g/mol. The van der Waals surface area contributed by atoms with Gasteiger partial charge in [0.2, 0.25) is 0 Å². The van der Waals surface area contributed by atoms with E-state index in [1.165, 1.54) is 0 Å². The second-order valence-electron chi connectivity index (χ2n) is 0.0833. The summed E-state index contributed by atoms with van der Waals surface area (Å²) in [7, 11) is 0. The van der Waals surface area contributed by atoms with Gasteiger partial charge in [0, 0.05) is 21.1 Å². The summed E-state index contributed by atoms with van der Waals surface area (Å²) in [5.74, 6) is 0. The van der Waals surface area contributed by atoms with Crippen LogP contribution in [0.25, 0.3) is 0 Å². The van der Waals surface area contributed by atoms with Crippen LogP contribution < -0.4 is 0 Å². The SMILES string of the molecule is [Mo].[O]=[Zr][Mo]. The third-order valence-corrected chi connectivity index (χ3v) is 0. The molecule has 0 radical (unpaired) electrons. The molecule has 0 aliphatic carbocycles. The van der Waals surface area contributed by atoms with Crippen molar-refractivity contribution in [1.29, 1.82) is 0 Å². The third-order valence-electron chi connectivity index (χ3n) is 0. The molecule has 0 saturated heterocycles. The Kier molecular flexibility index (Phi) is 21.0. The van der Waals surface area contributed by atoms with Crippen LogP contribution in [0.15, 0.2) is 0 Å². The molecule has 0 heterocycles. The van der Waals surface area contributed by atoms with Crippen LogP contribution in [-0.2, 0) is 59.3 Å². The van der Waals surface area contributed by atoms with E-state index in [1.807, 2.05) is 0 Å². The Bertz CT molecular complexity index is 13.5. The summed E-state index contributed by atoms with van der Waals surface area (Å²) in [6, 6.07) is 0. The second-order valence-corrected chi connectivity index (χ2v) is 2.92. The molecule has 0 bridgehead atoms. The minimum atomic E-state index is -1.01. The molecule has 0 aliphatic rings. The van der Waals surface area contributed by atoms with Crippen molar-refractivity contribution >= 4 is 0 Å². The molecule has 0 aromatic carbocycles. The van der Waals surface area contributed by atoms with Gasteiger partial charge in [0.25, 0.3) is 0 Å². The molecular weight excluding hydrogens is 299 g/mol. The Morgan fingerprint density at radius 1 is 1.75 bits per heavy atom. The van der Waals surface area contributed by atoms with Crippen molar-refractivity contribution in [3.8, 4) is 0 Å². The van der Waals surface area contributed by atoms with E-state index in [9.17, 15) is 0 Å². The third kappa shape index (κ3) is 8.96. The fourth-order valence-electron chi connectivity index (χ4n) is 0. The Balaban J connectivity index is 0. The predicted molar refractivity (Wildman–Crippen MR) is 0.686 cm³/mol. The molecule has 4 heteroatoms. The minimum absolute atomic E-state index is 0. The zero-order chi connectivity index (χ0) is 2.71. The Morgan fingerprint density at radius 3 is 1.75 bits per heavy atom. The first-order chi connectivity index (χ1) is 1.41. The van der Waals surface area contributed by atoms with Gasteiger partial charge in [-0.3, -0.25) is 0 Å². The molecule has 0 saturated carbocycles. The maximum atomic E-state index is 9.10. The maximum absolute atomic E-state index is 9.10. The Hall–Kier alpha value is 2.06. The van der Waals surface area contributed by atoms with Crippen LogP contribution in [0.5, 0.6) is 0 Å². The van der Waals surface area contributed by atoms with Crippen molar-refractivity contribution in [2.75, 3.05) is 0 Å². The van der Waals surface area contributed by atoms with Crippen LogP contribution in [0.4, 0.5) is 0 Å². The molecule has 0 spiro atoms. The van der Waals surface area contributed by atoms with Crippen molar-refractivity contribution in [3.05, 3.63) is 0 Å². The standard InChI is InChI=1S/2Mo.O.Zr. The van der Waals surface area contributed by atoms with Crippen LogP contribution in [0, 0.1) is 0 Å². The normalized spacial score (nSPS) is 2.00. The first kappa shape index (κ1) is 9.41. The Labute approximate surface area is 58.4 Å². The molecule has 0 aliphatic heterocycles. The quantitative estimate of drug-likeness (QED) is 0.570. The van der Waals surface area contributed by atoms with E-state index < -0.39 is 19.8 Å². The average Bonchev–Trinajstić information content (AvgIpc) is 0.918. The molecule has 1 nitrogen and oxygen atoms in total. The fraction of sp³-hybridized carbons (Fsp3) is 0. The summed E-state index contributed by atoms with van der Waals surface area (Å²) < 4.78 is 9.10. The van der Waals surface area contributed by atoms with Crippen molar-refractivity contribution < 1.29 is 59.3 Å². The summed E-state index contributed by atoms with van der Waals surface area (Å²) in [6.07, 6.45) is 0. The molecule has 0 aromatic rings. The zero-order valence-corrected chi connectivity index (χ0v) is 8.20. The number of hydrogen-bond donors (Lipinski definition) is 0. The van der Waals surface area contributed by atoms with E-state index in [0.717, 1.165) is 0 Å². The van der Waals surface area contributed by atoms with E-state index in [2.05, 4.69) is 0 Å². The molecule has 0 fully saturated rings. The molecule has 22 valence electrons. The van der Waals surface area contributed by atoms with Crippen LogP contribution in [0.2, 0.25) is 0 Å². The van der Waals surface area contributed by atoms with Gasteiger partial charge in [-0.2, -0.15) is 0 Å². The van der Waals surface area contributed by atoms with Gasteiger partial charge in [-0.1, -0.05) is 0 Å². The van der Waals surface area contributed by atoms with Crippen molar-refractivity contribution in [1.82, 2.24) is 0 Å². The van der Waals surface area contributed by atoms with Crippen molar-refractivity contribution in [2.24, 2.45) is 0 Å². The van der Waals surface area contributed by atoms with Gasteiger partial charge in [0.05, 0.1) is 0 Å². The summed E-state index contributed by atoms with van der Waals surface area (Å²) in [6.45, 7) is 0. The van der Waals surface area contributed by atoms with Crippen LogP contribution >= 0.6 is 0 Å². The predicted octanol–water partition coefficient (Wildman–Crippen LogP) is -0.126. The molecule has 0 aromatic heterocycles. The molecule has 0 amide bonds. The van der Waals surface area contributed by atoms with Crippen molar-refractivity contribution in [3.63, 3.8) is 0 Å². The topological polar surface area (TPSA) is 17.1 Å². The number of rotatable bonds is 0. The van der Waals surface area contributed by atoms with E-state index >= 15 is 0 Å². The van der Waals surface area contributed by atoms with E-state index in [0.29, 0.717) is 0 Å². The van der Waals surface area contributed by atoms with Crippen molar-refractivity contribution in [2.45, 2.75) is 0 Å². The van der Waals surface area contributed by atoms with Gasteiger partial charge in [0.1, 0.15) is 0 Å². The van der Waals surface area contributed by atoms with Gasteiger partial charge in [-0.05, 0) is 0 Å². The van der Waals surface area contributed by atoms with Gasteiger partial charge in [-0.25, -0.2) is 0 Å². The first-order valence-electron chi connectivity index (χ1n) is 0.408. The molecule has 0 rings (SSSR count). The van der Waals surface area contributed by atoms with E-state index in [4.69, 9.17) is 2.81 Å². The van der Waals surface area contributed by atoms with Crippen LogP contribution in [0.1, 0.15) is 0 Å². The zero-order valence-electron chi connectivity index (χ0n) is 1.72. The van der Waals surface area contributed by atoms with Crippen LogP contribution in [-0.4, -0.2) is 0 Å². The molecule has 4 heavy (non-hydrogen) atoms. The molecule has 0 N–H and O–H groups in total. The summed E-state index contributed by atoms with van der Waals surface area (Å²) >= 11 is 0.675. The Morgan fingerprint density at radius 2 is 1.75 bits per heavy atom. The summed E-state index contributed by atoms with van der Waals surface area (Å²) in [4.78, 5) is 0.